The normalized spacial score (nSPS) is 14.0. The summed E-state index contributed by atoms with van der Waals surface area (Å²) in [5, 5.41) is 0. The van der Waals surface area contributed by atoms with Gasteiger partial charge in [-0.1, -0.05) is 32.6 Å². The Kier molecular flexibility index (Phi) is 9.44. The third kappa shape index (κ3) is 7.82. The number of alkyl halides is 6. The second-order valence-electron chi connectivity index (χ2n) is 6.42. The van der Waals surface area contributed by atoms with Crippen LogP contribution in [-0.4, -0.2) is 43.4 Å². The maximum Gasteiger partial charge on any atom is 0.425 e. The fourth-order valence-corrected chi connectivity index (χ4v) is 1.79. The van der Waals surface area contributed by atoms with E-state index in [1.807, 2.05) is 6.92 Å². The Balaban J connectivity index is 4.51. The lowest BCUT2D eigenvalue weighted by Gasteiger charge is -2.25. The maximum atomic E-state index is 13.1. The van der Waals surface area contributed by atoms with E-state index in [2.05, 4.69) is 4.74 Å². The van der Waals surface area contributed by atoms with Gasteiger partial charge in [0.25, 0.3) is 6.17 Å². The van der Waals surface area contributed by atoms with Crippen molar-refractivity contribution in [3.05, 3.63) is 0 Å². The van der Waals surface area contributed by atoms with Crippen molar-refractivity contribution in [2.45, 2.75) is 71.1 Å². The lowest BCUT2D eigenvalue weighted by atomic mass is 9.94. The van der Waals surface area contributed by atoms with E-state index in [1.165, 1.54) is 0 Å². The molecule has 0 aliphatic carbocycles. The zero-order chi connectivity index (χ0) is 20.6. The summed E-state index contributed by atoms with van der Waals surface area (Å²) < 4.78 is 83.9. The molecule has 0 aliphatic heterocycles. The van der Waals surface area contributed by atoms with E-state index in [4.69, 9.17) is 4.74 Å². The van der Waals surface area contributed by atoms with Crippen LogP contribution in [0.1, 0.15) is 52.9 Å². The molecule has 0 amide bonds. The second-order valence-corrected chi connectivity index (χ2v) is 6.42. The summed E-state index contributed by atoms with van der Waals surface area (Å²) in [5.74, 6) is -7.55. The molecule has 0 heterocycles. The highest BCUT2D eigenvalue weighted by molar-refractivity contribution is 5.99. The Morgan fingerprint density at radius 1 is 0.885 bits per heavy atom. The minimum atomic E-state index is -5.80. The first-order valence-electron chi connectivity index (χ1n) is 8.19. The number of carbonyl (C=O) groups excluding carboxylic acids is 2. The van der Waals surface area contributed by atoms with Crippen LogP contribution in [0.2, 0.25) is 0 Å². The average molecular weight is 394 g/mol. The van der Waals surface area contributed by atoms with Gasteiger partial charge in [0.1, 0.15) is 0 Å². The van der Waals surface area contributed by atoms with Crippen molar-refractivity contribution < 1.29 is 45.4 Å². The Morgan fingerprint density at radius 3 is 1.88 bits per heavy atom. The molecule has 0 fully saturated rings. The largest absolute Gasteiger partial charge is 0.465 e. The molecule has 0 saturated carbocycles. The molecule has 0 aliphatic rings. The molecule has 10 heteroatoms. The molecule has 0 rings (SSSR count). The zero-order valence-corrected chi connectivity index (χ0v) is 14.9. The van der Waals surface area contributed by atoms with E-state index in [1.54, 1.807) is 0 Å². The van der Waals surface area contributed by atoms with Crippen LogP contribution in [0.15, 0.2) is 0 Å². The third-order valence-electron chi connectivity index (χ3n) is 3.56. The monoisotopic (exact) mass is 394 g/mol. The molecule has 4 nitrogen and oxygen atoms in total. The van der Waals surface area contributed by atoms with Gasteiger partial charge in [-0.25, -0.2) is 4.39 Å². The van der Waals surface area contributed by atoms with Crippen molar-refractivity contribution in [2.24, 2.45) is 5.41 Å². The molecule has 0 spiro atoms. The van der Waals surface area contributed by atoms with Crippen LogP contribution in [0.25, 0.3) is 0 Å². The van der Waals surface area contributed by atoms with Crippen molar-refractivity contribution in [2.75, 3.05) is 13.2 Å². The highest BCUT2D eigenvalue weighted by Crippen LogP contribution is 2.35. The standard InChI is InChI=1S/C16H24F6O4/c1-4-5-6-7-8-9-25-12(23)14(2,3)13(24)26-10-15(18,19)11(17)16(20,21)22/h11H,4-10H2,1-3H3. The van der Waals surface area contributed by atoms with Crippen LogP contribution < -0.4 is 0 Å². The number of esters is 2. The minimum Gasteiger partial charge on any atom is -0.465 e. The van der Waals surface area contributed by atoms with Gasteiger partial charge in [-0.15, -0.1) is 0 Å². The van der Waals surface area contributed by atoms with Crippen molar-refractivity contribution in [1.29, 1.82) is 0 Å². The molecule has 0 saturated heterocycles. The number of carbonyl (C=O) groups is 2. The molecule has 26 heavy (non-hydrogen) atoms. The zero-order valence-electron chi connectivity index (χ0n) is 14.9. The van der Waals surface area contributed by atoms with Crippen LogP contribution in [-0.2, 0) is 19.1 Å². The number of unbranched alkanes of at least 4 members (excludes halogenated alkanes) is 4. The molecule has 1 atom stereocenters. The Hall–Kier alpha value is -1.48. The maximum absolute atomic E-state index is 13.1. The highest BCUT2D eigenvalue weighted by Gasteiger charge is 2.58. The van der Waals surface area contributed by atoms with Gasteiger partial charge in [0.15, 0.2) is 12.0 Å². The van der Waals surface area contributed by atoms with Gasteiger partial charge in [-0.3, -0.25) is 9.59 Å². The quantitative estimate of drug-likeness (QED) is 0.222. The van der Waals surface area contributed by atoms with Crippen molar-refractivity contribution in [3.63, 3.8) is 0 Å². The average Bonchev–Trinajstić information content (AvgIpc) is 2.53. The van der Waals surface area contributed by atoms with Crippen LogP contribution >= 0.6 is 0 Å². The topological polar surface area (TPSA) is 52.6 Å². The van der Waals surface area contributed by atoms with Gasteiger partial charge in [0, 0.05) is 0 Å². The first-order valence-corrected chi connectivity index (χ1v) is 8.19. The number of rotatable bonds is 11. The summed E-state index contributed by atoms with van der Waals surface area (Å²) in [6.07, 6.45) is -5.95. The molecule has 0 aromatic carbocycles. The molecule has 0 bridgehead atoms. The van der Waals surface area contributed by atoms with Crippen LogP contribution in [0.3, 0.4) is 0 Å². The molecule has 0 N–H and O–H groups in total. The Labute approximate surface area is 148 Å². The summed E-state index contributed by atoms with van der Waals surface area (Å²) in [6, 6.07) is 0. The van der Waals surface area contributed by atoms with Crippen molar-refractivity contribution in [1.82, 2.24) is 0 Å². The van der Waals surface area contributed by atoms with Gasteiger partial charge in [0.05, 0.1) is 6.61 Å². The fourth-order valence-electron chi connectivity index (χ4n) is 1.79. The third-order valence-corrected chi connectivity index (χ3v) is 3.56. The Bertz CT molecular complexity index is 462. The molecule has 1 unspecified atom stereocenters. The molecular weight excluding hydrogens is 370 g/mol. The summed E-state index contributed by atoms with van der Waals surface area (Å²) >= 11 is 0. The van der Waals surface area contributed by atoms with Crippen LogP contribution in [0.5, 0.6) is 0 Å². The van der Waals surface area contributed by atoms with E-state index in [9.17, 15) is 35.9 Å². The first-order chi connectivity index (χ1) is 11.8. The molecule has 0 radical (unpaired) electrons. The summed E-state index contributed by atoms with van der Waals surface area (Å²) in [7, 11) is 0. The van der Waals surface area contributed by atoms with Gasteiger partial charge >= 0.3 is 24.0 Å². The van der Waals surface area contributed by atoms with Crippen molar-refractivity contribution in [3.8, 4) is 0 Å². The predicted octanol–water partition coefficient (Wildman–Crippen LogP) is 4.61. The fraction of sp³-hybridized carbons (Fsp3) is 0.875. The highest BCUT2D eigenvalue weighted by atomic mass is 19.4. The van der Waals surface area contributed by atoms with Gasteiger partial charge in [0.2, 0.25) is 0 Å². The molecule has 0 aromatic heterocycles. The van der Waals surface area contributed by atoms with E-state index < -0.39 is 42.2 Å². The van der Waals surface area contributed by atoms with Crippen LogP contribution in [0.4, 0.5) is 26.3 Å². The molecule has 154 valence electrons. The van der Waals surface area contributed by atoms with E-state index in [-0.39, 0.29) is 6.61 Å². The summed E-state index contributed by atoms with van der Waals surface area (Å²) in [5.41, 5.74) is -2.01. The number of halogens is 6. The minimum absolute atomic E-state index is 0.00997. The lowest BCUT2D eigenvalue weighted by molar-refractivity contribution is -0.255. The van der Waals surface area contributed by atoms with Crippen molar-refractivity contribution >= 4 is 11.9 Å². The lowest BCUT2D eigenvalue weighted by Crippen LogP contribution is -2.46. The predicted molar refractivity (Wildman–Crippen MR) is 80.4 cm³/mol. The van der Waals surface area contributed by atoms with Gasteiger partial charge in [-0.2, -0.15) is 22.0 Å². The molecular formula is C16H24F6O4. The van der Waals surface area contributed by atoms with E-state index >= 15 is 0 Å². The Morgan fingerprint density at radius 2 is 1.38 bits per heavy atom. The first kappa shape index (κ1) is 24.5. The second kappa shape index (κ2) is 10.0. The smallest absolute Gasteiger partial charge is 0.425 e. The van der Waals surface area contributed by atoms with Crippen LogP contribution in [0, 0.1) is 5.41 Å². The van der Waals surface area contributed by atoms with E-state index in [0.29, 0.717) is 6.42 Å². The number of hydrogen-bond acceptors (Lipinski definition) is 4. The SMILES string of the molecule is CCCCCCCOC(=O)C(C)(C)C(=O)OCC(F)(F)C(F)C(F)(F)F. The summed E-state index contributed by atoms with van der Waals surface area (Å²) in [4.78, 5) is 23.6. The number of hydrogen-bond donors (Lipinski definition) is 0. The van der Waals surface area contributed by atoms with E-state index in [0.717, 1.165) is 39.5 Å². The van der Waals surface area contributed by atoms with Gasteiger partial charge < -0.3 is 9.47 Å². The van der Waals surface area contributed by atoms with Gasteiger partial charge in [-0.05, 0) is 20.3 Å². The number of ether oxygens (including phenoxy) is 2. The molecule has 0 aromatic rings. The summed E-state index contributed by atoms with van der Waals surface area (Å²) in [6.45, 7) is 1.93.